The van der Waals surface area contributed by atoms with Crippen LogP contribution < -0.4 is 5.32 Å². The molecule has 4 nitrogen and oxygen atoms in total. The van der Waals surface area contributed by atoms with Gasteiger partial charge in [-0.3, -0.25) is 14.5 Å². The van der Waals surface area contributed by atoms with Gasteiger partial charge in [-0.2, -0.15) is 0 Å². The van der Waals surface area contributed by atoms with Crippen molar-refractivity contribution in [3.63, 3.8) is 0 Å². The first-order chi connectivity index (χ1) is 9.61. The lowest BCUT2D eigenvalue weighted by atomic mass is 9.79. The maximum atomic E-state index is 12.6. The van der Waals surface area contributed by atoms with Gasteiger partial charge in [0.2, 0.25) is 11.8 Å². The summed E-state index contributed by atoms with van der Waals surface area (Å²) in [5.41, 5.74) is 0.383. The van der Waals surface area contributed by atoms with E-state index < -0.39 is 5.41 Å². The van der Waals surface area contributed by atoms with Gasteiger partial charge >= 0.3 is 0 Å². The van der Waals surface area contributed by atoms with Crippen LogP contribution >= 0.6 is 11.6 Å². The van der Waals surface area contributed by atoms with Gasteiger partial charge in [0, 0.05) is 18.0 Å². The Morgan fingerprint density at radius 2 is 2.20 bits per heavy atom. The van der Waals surface area contributed by atoms with Crippen molar-refractivity contribution < 1.29 is 9.59 Å². The average molecular weight is 293 g/mol. The van der Waals surface area contributed by atoms with Crippen molar-refractivity contribution in [2.45, 2.75) is 25.8 Å². The van der Waals surface area contributed by atoms with E-state index in [1.807, 2.05) is 12.1 Å². The Bertz CT molecular complexity index is 553. The van der Waals surface area contributed by atoms with Gasteiger partial charge in [-0.1, -0.05) is 23.7 Å². The monoisotopic (exact) mass is 292 g/mol. The van der Waals surface area contributed by atoms with E-state index >= 15 is 0 Å². The molecule has 2 aliphatic heterocycles. The Labute approximate surface area is 123 Å². The Hall–Kier alpha value is -1.39. The summed E-state index contributed by atoms with van der Waals surface area (Å²) < 4.78 is 0. The number of benzene rings is 1. The van der Waals surface area contributed by atoms with E-state index in [1.54, 1.807) is 12.1 Å². The molecule has 0 aliphatic carbocycles. The van der Waals surface area contributed by atoms with Crippen LogP contribution in [0.5, 0.6) is 0 Å². The van der Waals surface area contributed by atoms with Gasteiger partial charge in [0.25, 0.3) is 0 Å². The van der Waals surface area contributed by atoms with Gasteiger partial charge in [0.05, 0.1) is 12.0 Å². The molecule has 2 saturated heterocycles. The molecule has 0 radical (unpaired) electrons. The topological polar surface area (TPSA) is 49.4 Å². The number of carbonyl (C=O) groups is 2. The molecule has 0 aromatic heterocycles. The Morgan fingerprint density at radius 1 is 1.35 bits per heavy atom. The summed E-state index contributed by atoms with van der Waals surface area (Å²) >= 11 is 5.95. The predicted molar refractivity (Wildman–Crippen MR) is 76.2 cm³/mol. The van der Waals surface area contributed by atoms with Crippen molar-refractivity contribution in [1.29, 1.82) is 0 Å². The highest BCUT2D eigenvalue weighted by atomic mass is 35.5. The third-order valence-corrected chi connectivity index (χ3v) is 4.43. The number of rotatable bonds is 2. The van der Waals surface area contributed by atoms with Crippen LogP contribution in [0.4, 0.5) is 0 Å². The molecule has 0 saturated carbocycles. The quantitative estimate of drug-likeness (QED) is 0.848. The molecule has 1 N–H and O–H groups in total. The highest BCUT2D eigenvalue weighted by Gasteiger charge is 2.51. The molecule has 0 unspecified atom stereocenters. The summed E-state index contributed by atoms with van der Waals surface area (Å²) in [6.45, 7) is 1.86. The Kier molecular flexibility index (Phi) is 3.52. The zero-order valence-electron chi connectivity index (χ0n) is 11.2. The third-order valence-electron chi connectivity index (χ3n) is 4.19. The molecule has 2 aliphatic rings. The van der Waals surface area contributed by atoms with E-state index in [4.69, 9.17) is 11.6 Å². The SMILES string of the molecule is O=C1C[C@]2(CCCNC2)C(=O)N1Cc1cccc(Cl)c1. The molecule has 0 bridgehead atoms. The van der Waals surface area contributed by atoms with Crippen LogP contribution in [-0.4, -0.2) is 29.8 Å². The number of carbonyl (C=O) groups excluding carboxylic acids is 2. The lowest BCUT2D eigenvalue weighted by Gasteiger charge is -2.31. The molecule has 1 spiro atoms. The van der Waals surface area contributed by atoms with Gasteiger partial charge in [0.1, 0.15) is 0 Å². The first-order valence-electron chi connectivity index (χ1n) is 6.91. The number of likely N-dealkylation sites (tertiary alicyclic amines) is 1. The molecule has 2 fully saturated rings. The molecule has 3 rings (SSSR count). The van der Waals surface area contributed by atoms with E-state index in [1.165, 1.54) is 4.90 Å². The number of amides is 2. The minimum atomic E-state index is -0.506. The first-order valence-corrected chi connectivity index (χ1v) is 7.28. The third kappa shape index (κ3) is 2.34. The fourth-order valence-corrected chi connectivity index (χ4v) is 3.35. The molecule has 2 heterocycles. The zero-order valence-corrected chi connectivity index (χ0v) is 11.9. The van der Waals surface area contributed by atoms with Crippen molar-refractivity contribution >= 4 is 23.4 Å². The minimum Gasteiger partial charge on any atom is -0.316 e. The lowest BCUT2D eigenvalue weighted by molar-refractivity contribution is -0.142. The highest BCUT2D eigenvalue weighted by molar-refractivity contribution is 6.30. The molecular weight excluding hydrogens is 276 g/mol. The second-order valence-corrected chi connectivity index (χ2v) is 6.09. The van der Waals surface area contributed by atoms with Crippen LogP contribution in [-0.2, 0) is 16.1 Å². The van der Waals surface area contributed by atoms with E-state index in [9.17, 15) is 9.59 Å². The van der Waals surface area contributed by atoms with Crippen molar-refractivity contribution in [1.82, 2.24) is 10.2 Å². The summed E-state index contributed by atoms with van der Waals surface area (Å²) in [7, 11) is 0. The Balaban J connectivity index is 1.80. The number of hydrogen-bond donors (Lipinski definition) is 1. The number of nitrogens with one attached hydrogen (secondary N) is 1. The van der Waals surface area contributed by atoms with Gasteiger partial charge in [-0.25, -0.2) is 0 Å². The molecular formula is C15H17ClN2O2. The largest absolute Gasteiger partial charge is 0.316 e. The standard InChI is InChI=1S/C15H17ClN2O2/c16-12-4-1-3-11(7-12)9-18-13(19)8-15(14(18)20)5-2-6-17-10-15/h1,3-4,7,17H,2,5-6,8-10H2/t15-/m0/s1. The van der Waals surface area contributed by atoms with Crippen LogP contribution in [0, 0.1) is 5.41 Å². The number of piperidine rings is 1. The van der Waals surface area contributed by atoms with E-state index in [2.05, 4.69) is 5.32 Å². The molecule has 2 amide bonds. The zero-order chi connectivity index (χ0) is 14.2. The molecule has 20 heavy (non-hydrogen) atoms. The molecule has 1 aromatic carbocycles. The summed E-state index contributed by atoms with van der Waals surface area (Å²) in [6, 6.07) is 7.30. The maximum Gasteiger partial charge on any atom is 0.237 e. The van der Waals surface area contributed by atoms with Crippen molar-refractivity contribution in [2.75, 3.05) is 13.1 Å². The van der Waals surface area contributed by atoms with Crippen LogP contribution in [0.15, 0.2) is 24.3 Å². The second-order valence-electron chi connectivity index (χ2n) is 5.65. The van der Waals surface area contributed by atoms with Gasteiger partial charge in [-0.05, 0) is 37.1 Å². The summed E-state index contributed by atoms with van der Waals surface area (Å²) in [5, 5.41) is 3.86. The second kappa shape index (κ2) is 5.19. The number of imide groups is 1. The number of nitrogens with zero attached hydrogens (tertiary/aromatic N) is 1. The van der Waals surface area contributed by atoms with Crippen LogP contribution in [0.25, 0.3) is 0 Å². The summed E-state index contributed by atoms with van der Waals surface area (Å²) in [5.74, 6) is -0.103. The highest BCUT2D eigenvalue weighted by Crippen LogP contribution is 2.39. The van der Waals surface area contributed by atoms with Crippen LogP contribution in [0.2, 0.25) is 5.02 Å². The predicted octanol–water partition coefficient (Wildman–Crippen LogP) is 1.97. The normalized spacial score (nSPS) is 26.6. The van der Waals surface area contributed by atoms with E-state index in [0.29, 0.717) is 24.5 Å². The fourth-order valence-electron chi connectivity index (χ4n) is 3.14. The van der Waals surface area contributed by atoms with Gasteiger partial charge < -0.3 is 5.32 Å². The first kappa shape index (κ1) is 13.6. The summed E-state index contributed by atoms with van der Waals surface area (Å²) in [4.78, 5) is 26.2. The van der Waals surface area contributed by atoms with Crippen LogP contribution in [0.1, 0.15) is 24.8 Å². The van der Waals surface area contributed by atoms with E-state index in [-0.39, 0.29) is 11.8 Å². The van der Waals surface area contributed by atoms with Gasteiger partial charge in [-0.15, -0.1) is 0 Å². The van der Waals surface area contributed by atoms with Crippen molar-refractivity contribution in [2.24, 2.45) is 5.41 Å². The van der Waals surface area contributed by atoms with E-state index in [0.717, 1.165) is 24.9 Å². The average Bonchev–Trinajstić information content (AvgIpc) is 2.64. The van der Waals surface area contributed by atoms with Gasteiger partial charge in [0.15, 0.2) is 0 Å². The molecule has 1 aromatic rings. The van der Waals surface area contributed by atoms with Crippen molar-refractivity contribution in [3.8, 4) is 0 Å². The number of halogens is 1. The minimum absolute atomic E-state index is 0.0327. The smallest absolute Gasteiger partial charge is 0.237 e. The molecule has 1 atom stereocenters. The Morgan fingerprint density at radius 3 is 2.90 bits per heavy atom. The van der Waals surface area contributed by atoms with Crippen LogP contribution in [0.3, 0.4) is 0 Å². The molecule has 5 heteroatoms. The van der Waals surface area contributed by atoms with Crippen molar-refractivity contribution in [3.05, 3.63) is 34.9 Å². The fraction of sp³-hybridized carbons (Fsp3) is 0.467. The lowest BCUT2D eigenvalue weighted by Crippen LogP contribution is -2.45. The number of hydrogen-bond acceptors (Lipinski definition) is 3. The summed E-state index contributed by atoms with van der Waals surface area (Å²) in [6.07, 6.45) is 2.08. The maximum absolute atomic E-state index is 12.6. The molecule has 106 valence electrons.